The second-order valence-corrected chi connectivity index (χ2v) is 4.79. The average molecular weight is 353 g/mol. The Hall–Kier alpha value is -3.30. The number of hydrogen-bond donors (Lipinski definition) is 4. The fourth-order valence-corrected chi connectivity index (χ4v) is 1.49. The number of ketones is 1. The molecule has 5 N–H and O–H groups in total. The van der Waals surface area contributed by atoms with Crippen LogP contribution in [0.25, 0.3) is 0 Å². The molecule has 10 nitrogen and oxygen atoms in total. The minimum Gasteiger partial charge on any atom is -0.478 e. The Morgan fingerprint density at radius 3 is 2.12 bits per heavy atom. The molecule has 0 saturated heterocycles. The van der Waals surface area contributed by atoms with Crippen molar-refractivity contribution in [1.29, 1.82) is 5.41 Å². The van der Waals surface area contributed by atoms with Gasteiger partial charge in [0.25, 0.3) is 0 Å². The first kappa shape index (κ1) is 21.7. The van der Waals surface area contributed by atoms with E-state index in [4.69, 9.17) is 21.4 Å². The largest absolute Gasteiger partial charge is 0.478 e. The molecule has 136 valence electrons. The minimum atomic E-state index is -1.30. The van der Waals surface area contributed by atoms with E-state index in [1.807, 2.05) is 0 Å². The second kappa shape index (κ2) is 12.2. The van der Waals surface area contributed by atoms with Crippen molar-refractivity contribution < 1.29 is 34.2 Å². The summed E-state index contributed by atoms with van der Waals surface area (Å²) in [6.45, 7) is 0. The first-order valence-electron chi connectivity index (χ1n) is 7.15. The Balaban J connectivity index is 3.99. The van der Waals surface area contributed by atoms with Gasteiger partial charge in [-0.05, 0) is 25.3 Å². The van der Waals surface area contributed by atoms with E-state index in [2.05, 4.69) is 9.99 Å². The number of unbranched alkanes of at least 4 members (excludes halogenated alkanes) is 1. The van der Waals surface area contributed by atoms with Gasteiger partial charge in [-0.1, -0.05) is 5.16 Å². The fraction of sp³-hybridized carbons (Fsp3) is 0.333. The predicted molar refractivity (Wildman–Crippen MR) is 87.1 cm³/mol. The number of allylic oxidation sites excluding steroid dienone is 1. The molecule has 0 atom stereocenters. The summed E-state index contributed by atoms with van der Waals surface area (Å²) in [6, 6.07) is 0. The summed E-state index contributed by atoms with van der Waals surface area (Å²) in [5.41, 5.74) is 5.67. The molecule has 0 aliphatic rings. The number of carboxylic acid groups (broad SMARTS) is 2. The summed E-state index contributed by atoms with van der Waals surface area (Å²) in [4.78, 5) is 47.1. The molecule has 0 heterocycles. The zero-order valence-electron chi connectivity index (χ0n) is 13.3. The minimum absolute atomic E-state index is 0.0315. The standard InChI is InChI=1S/C15H19N3O7/c16-10(9-11(19)5-6-13(20)21)3-1-2-4-12(17)18-25-15(24)8-7-14(22)23/h5-8,16H,1-4,9H2,(H2,17,18)(H,20,21)(H,22,23)/b6-5-,8-7-,16-10?. The van der Waals surface area contributed by atoms with Gasteiger partial charge in [-0.2, -0.15) is 0 Å². The van der Waals surface area contributed by atoms with Crippen LogP contribution in [0.4, 0.5) is 0 Å². The third-order valence-corrected chi connectivity index (χ3v) is 2.58. The highest BCUT2D eigenvalue weighted by molar-refractivity contribution is 6.07. The lowest BCUT2D eigenvalue weighted by atomic mass is 10.1. The van der Waals surface area contributed by atoms with Crippen molar-refractivity contribution in [3.05, 3.63) is 24.3 Å². The van der Waals surface area contributed by atoms with Crippen LogP contribution in [-0.4, -0.2) is 45.5 Å². The van der Waals surface area contributed by atoms with E-state index >= 15 is 0 Å². The van der Waals surface area contributed by atoms with Crippen LogP contribution >= 0.6 is 0 Å². The van der Waals surface area contributed by atoms with Crippen LogP contribution < -0.4 is 5.73 Å². The number of hydrogen-bond acceptors (Lipinski definition) is 7. The number of oxime groups is 1. The number of rotatable bonds is 12. The summed E-state index contributed by atoms with van der Waals surface area (Å²) in [5, 5.41) is 27.6. The summed E-state index contributed by atoms with van der Waals surface area (Å²) >= 11 is 0. The number of carboxylic acids is 2. The van der Waals surface area contributed by atoms with Crippen LogP contribution in [0.1, 0.15) is 32.1 Å². The number of nitrogens with zero attached hydrogens (tertiary/aromatic N) is 1. The maximum absolute atomic E-state index is 11.3. The van der Waals surface area contributed by atoms with Crippen molar-refractivity contribution in [3.8, 4) is 0 Å². The van der Waals surface area contributed by atoms with Gasteiger partial charge in [0.15, 0.2) is 5.78 Å². The smallest absolute Gasteiger partial charge is 0.358 e. The molecule has 10 heteroatoms. The second-order valence-electron chi connectivity index (χ2n) is 4.79. The number of nitrogens with one attached hydrogen (secondary N) is 1. The number of amidine groups is 1. The van der Waals surface area contributed by atoms with Crippen molar-refractivity contribution in [1.82, 2.24) is 0 Å². The lowest BCUT2D eigenvalue weighted by Crippen LogP contribution is -2.13. The van der Waals surface area contributed by atoms with Gasteiger partial charge >= 0.3 is 17.9 Å². The Morgan fingerprint density at radius 1 is 0.960 bits per heavy atom. The maximum atomic E-state index is 11.3. The van der Waals surface area contributed by atoms with E-state index in [0.29, 0.717) is 31.4 Å². The van der Waals surface area contributed by atoms with Crippen molar-refractivity contribution in [2.45, 2.75) is 32.1 Å². The van der Waals surface area contributed by atoms with Gasteiger partial charge < -0.3 is 26.2 Å². The van der Waals surface area contributed by atoms with E-state index in [0.717, 1.165) is 12.2 Å². The molecule has 0 aromatic carbocycles. The van der Waals surface area contributed by atoms with Crippen LogP contribution in [0.2, 0.25) is 0 Å². The van der Waals surface area contributed by atoms with Gasteiger partial charge in [-0.25, -0.2) is 14.4 Å². The summed E-state index contributed by atoms with van der Waals surface area (Å²) < 4.78 is 0. The van der Waals surface area contributed by atoms with Crippen molar-refractivity contribution >= 4 is 35.2 Å². The quantitative estimate of drug-likeness (QED) is 0.0983. The molecule has 0 aromatic rings. The van der Waals surface area contributed by atoms with Crippen molar-refractivity contribution in [2.24, 2.45) is 10.9 Å². The number of nitrogens with two attached hydrogens (primary N) is 1. The van der Waals surface area contributed by atoms with Crippen LogP contribution in [0.5, 0.6) is 0 Å². The van der Waals surface area contributed by atoms with Gasteiger partial charge in [0.2, 0.25) is 0 Å². The number of carbonyl (C=O) groups is 4. The zero-order valence-corrected chi connectivity index (χ0v) is 13.3. The molecule has 0 spiro atoms. The lowest BCUT2D eigenvalue weighted by molar-refractivity contribution is -0.138. The van der Waals surface area contributed by atoms with Gasteiger partial charge in [0, 0.05) is 36.8 Å². The third-order valence-electron chi connectivity index (χ3n) is 2.58. The molecule has 0 unspecified atom stereocenters. The summed E-state index contributed by atoms with van der Waals surface area (Å²) in [6.07, 6.45) is 4.46. The zero-order chi connectivity index (χ0) is 19.2. The number of carbonyl (C=O) groups excluding carboxylic acids is 2. The Labute approximate surface area is 143 Å². The van der Waals surface area contributed by atoms with Gasteiger partial charge in [-0.15, -0.1) is 0 Å². The molecule has 0 fully saturated rings. The van der Waals surface area contributed by atoms with Crippen molar-refractivity contribution in [3.63, 3.8) is 0 Å². The first-order chi connectivity index (χ1) is 11.7. The molecule has 0 radical (unpaired) electrons. The van der Waals surface area contributed by atoms with Gasteiger partial charge in [-0.3, -0.25) is 4.79 Å². The van der Waals surface area contributed by atoms with E-state index in [1.54, 1.807) is 0 Å². The van der Waals surface area contributed by atoms with E-state index in [-0.39, 0.29) is 24.4 Å². The monoisotopic (exact) mass is 353 g/mol. The Morgan fingerprint density at radius 2 is 1.52 bits per heavy atom. The van der Waals surface area contributed by atoms with Crippen LogP contribution in [0.15, 0.2) is 29.5 Å². The maximum Gasteiger partial charge on any atom is 0.358 e. The normalized spacial score (nSPS) is 11.6. The summed E-state index contributed by atoms with van der Waals surface area (Å²) in [5.74, 6) is -3.93. The molecule has 0 bridgehead atoms. The highest BCUT2D eigenvalue weighted by atomic mass is 16.7. The molecule has 0 aromatic heterocycles. The lowest BCUT2D eigenvalue weighted by Gasteiger charge is -2.02. The summed E-state index contributed by atoms with van der Waals surface area (Å²) in [7, 11) is 0. The molecule has 0 rings (SSSR count). The van der Waals surface area contributed by atoms with Gasteiger partial charge in [0.1, 0.15) is 5.84 Å². The SMILES string of the molecule is N=C(CCCCC(N)=NOC(=O)/C=C\C(=O)O)CC(=O)/C=C\C(=O)O. The van der Waals surface area contributed by atoms with Gasteiger partial charge in [0.05, 0.1) is 0 Å². The van der Waals surface area contributed by atoms with Crippen LogP contribution in [-0.2, 0) is 24.0 Å². The highest BCUT2D eigenvalue weighted by Crippen LogP contribution is 2.04. The molecular formula is C15H19N3O7. The predicted octanol–water partition coefficient (Wildman–Crippen LogP) is 0.623. The van der Waals surface area contributed by atoms with Crippen LogP contribution in [0.3, 0.4) is 0 Å². The number of aliphatic carboxylic acids is 2. The van der Waals surface area contributed by atoms with E-state index in [1.165, 1.54) is 0 Å². The average Bonchev–Trinajstić information content (AvgIpc) is 2.53. The topological polar surface area (TPSA) is 180 Å². The highest BCUT2D eigenvalue weighted by Gasteiger charge is 2.05. The molecule has 0 aliphatic carbocycles. The molecule has 0 aliphatic heterocycles. The van der Waals surface area contributed by atoms with Crippen LogP contribution in [0, 0.1) is 5.41 Å². The van der Waals surface area contributed by atoms with E-state index in [9.17, 15) is 19.2 Å². The molecule has 0 amide bonds. The van der Waals surface area contributed by atoms with E-state index < -0.39 is 23.7 Å². The third kappa shape index (κ3) is 14.0. The Bertz CT molecular complexity index is 621. The molecule has 0 saturated carbocycles. The Kier molecular flexibility index (Phi) is 10.6. The van der Waals surface area contributed by atoms with Crippen molar-refractivity contribution in [2.75, 3.05) is 0 Å². The first-order valence-corrected chi connectivity index (χ1v) is 7.15. The molecule has 25 heavy (non-hydrogen) atoms. The molecular weight excluding hydrogens is 334 g/mol. The fourth-order valence-electron chi connectivity index (χ4n) is 1.49.